The largest absolute Gasteiger partial charge is 0.344 e. The lowest BCUT2D eigenvalue weighted by Gasteiger charge is -2.39. The first-order chi connectivity index (χ1) is 32.2. The zero-order chi connectivity index (χ0) is 42.9. The van der Waals surface area contributed by atoms with E-state index in [-0.39, 0.29) is 23.4 Å². The molecule has 0 saturated carbocycles. The molecule has 3 heteroatoms. The van der Waals surface area contributed by atoms with E-state index in [1.165, 1.54) is 72.0 Å². The van der Waals surface area contributed by atoms with Crippen molar-refractivity contribution in [2.75, 3.05) is 0 Å². The summed E-state index contributed by atoms with van der Waals surface area (Å²) in [4.78, 5) is 10.1. The molecule has 0 fully saturated rings. The molecule has 4 unspecified atom stereocenters. The lowest BCUT2D eigenvalue weighted by atomic mass is 9.62. The van der Waals surface area contributed by atoms with Gasteiger partial charge in [-0.2, -0.15) is 0 Å². The Bertz CT molecular complexity index is 3370. The van der Waals surface area contributed by atoms with Crippen LogP contribution in [-0.2, 0) is 5.41 Å². The van der Waals surface area contributed by atoms with Gasteiger partial charge < -0.3 is 5.32 Å². The summed E-state index contributed by atoms with van der Waals surface area (Å²) in [5.74, 6) is 1.99. The van der Waals surface area contributed by atoms with Crippen molar-refractivity contribution in [2.45, 2.75) is 30.3 Å². The van der Waals surface area contributed by atoms with E-state index in [1.807, 2.05) is 36.4 Å². The summed E-state index contributed by atoms with van der Waals surface area (Å²) in [5, 5.41) is 6.30. The van der Waals surface area contributed by atoms with Crippen molar-refractivity contribution in [1.82, 2.24) is 5.32 Å². The SMILES string of the molecule is C1=CC2=C(CC1)C1(c3ccccc32)c2c(c(-c3ccccc3)cc3ccccc23)C2C=CC(c3ccc(-c4ccc(C5N=C(c6ccccc6)N=C(c6ccccc6)N5)cc4)cc3)=CC21. The fraction of sp³-hybridized carbons (Fsp3) is 0.0968. The molecule has 308 valence electrons. The summed E-state index contributed by atoms with van der Waals surface area (Å²) in [6.45, 7) is 0. The quantitative estimate of drug-likeness (QED) is 0.178. The Balaban J connectivity index is 0.879. The molecule has 4 atom stereocenters. The monoisotopic (exact) mass is 831 g/mol. The molecule has 4 aliphatic carbocycles. The number of nitrogens with one attached hydrogen (secondary N) is 1. The third kappa shape index (κ3) is 5.96. The minimum atomic E-state index is -0.286. The number of allylic oxidation sites excluding steroid dienone is 8. The van der Waals surface area contributed by atoms with Gasteiger partial charge in [0.2, 0.25) is 0 Å². The number of amidine groups is 2. The van der Waals surface area contributed by atoms with Crippen molar-refractivity contribution >= 4 is 33.6 Å². The van der Waals surface area contributed by atoms with Crippen molar-refractivity contribution in [1.29, 1.82) is 0 Å². The zero-order valence-corrected chi connectivity index (χ0v) is 35.9. The fourth-order valence-corrected chi connectivity index (χ4v) is 11.7. The van der Waals surface area contributed by atoms with Crippen LogP contribution in [0.25, 0.3) is 44.2 Å². The first-order valence-corrected chi connectivity index (χ1v) is 23.0. The molecule has 0 radical (unpaired) electrons. The summed E-state index contributed by atoms with van der Waals surface area (Å²) in [6, 6.07) is 70.6. The van der Waals surface area contributed by atoms with Crippen LogP contribution in [-0.4, -0.2) is 11.7 Å². The zero-order valence-electron chi connectivity index (χ0n) is 35.9. The summed E-state index contributed by atoms with van der Waals surface area (Å²) < 4.78 is 0. The van der Waals surface area contributed by atoms with E-state index >= 15 is 0 Å². The van der Waals surface area contributed by atoms with Crippen LogP contribution >= 0.6 is 0 Å². The molecule has 8 aromatic rings. The van der Waals surface area contributed by atoms with Crippen LogP contribution in [0.5, 0.6) is 0 Å². The van der Waals surface area contributed by atoms with Gasteiger partial charge in [0, 0.05) is 23.0 Å². The second kappa shape index (κ2) is 15.1. The molecule has 65 heavy (non-hydrogen) atoms. The molecule has 0 amide bonds. The predicted molar refractivity (Wildman–Crippen MR) is 269 cm³/mol. The highest BCUT2D eigenvalue weighted by Crippen LogP contribution is 2.68. The van der Waals surface area contributed by atoms with Crippen molar-refractivity contribution in [3.8, 4) is 22.3 Å². The summed E-state index contributed by atoms with van der Waals surface area (Å²) in [6.07, 6.45) is 14.3. The molecule has 13 rings (SSSR count). The van der Waals surface area contributed by atoms with Crippen LogP contribution in [0.15, 0.2) is 240 Å². The Morgan fingerprint density at radius 1 is 0.554 bits per heavy atom. The van der Waals surface area contributed by atoms with Crippen LogP contribution in [0.1, 0.15) is 69.4 Å². The highest BCUT2D eigenvalue weighted by atomic mass is 15.2. The van der Waals surface area contributed by atoms with E-state index in [4.69, 9.17) is 9.98 Å². The Morgan fingerprint density at radius 3 is 1.97 bits per heavy atom. The Labute approximate surface area is 380 Å². The highest BCUT2D eigenvalue weighted by molar-refractivity contribution is 6.13. The topological polar surface area (TPSA) is 36.8 Å². The molecular formula is C62H45N3. The van der Waals surface area contributed by atoms with Gasteiger partial charge in [-0.1, -0.05) is 218 Å². The highest BCUT2D eigenvalue weighted by Gasteiger charge is 2.59. The molecule has 1 aliphatic heterocycles. The van der Waals surface area contributed by atoms with Gasteiger partial charge in [-0.05, 0) is 102 Å². The number of hydrogen-bond acceptors (Lipinski definition) is 3. The minimum Gasteiger partial charge on any atom is -0.344 e. The average molecular weight is 832 g/mol. The summed E-state index contributed by atoms with van der Waals surface area (Å²) in [5.41, 5.74) is 19.2. The normalized spacial score (nSPS) is 21.2. The van der Waals surface area contributed by atoms with Crippen LogP contribution in [0.3, 0.4) is 0 Å². The lowest BCUT2D eigenvalue weighted by Crippen LogP contribution is -2.35. The average Bonchev–Trinajstić information content (AvgIpc) is 3.87. The number of rotatable bonds is 6. The molecule has 5 aliphatic rings. The van der Waals surface area contributed by atoms with E-state index in [0.717, 1.165) is 41.2 Å². The summed E-state index contributed by atoms with van der Waals surface area (Å²) >= 11 is 0. The van der Waals surface area contributed by atoms with Gasteiger partial charge in [0.05, 0.1) is 5.41 Å². The molecule has 3 nitrogen and oxygen atoms in total. The van der Waals surface area contributed by atoms with Gasteiger partial charge in [0.25, 0.3) is 0 Å². The maximum atomic E-state index is 5.10. The van der Waals surface area contributed by atoms with Crippen LogP contribution in [0.4, 0.5) is 0 Å². The van der Waals surface area contributed by atoms with Crippen LogP contribution in [0, 0.1) is 5.92 Å². The molecule has 1 N–H and O–H groups in total. The Hall–Kier alpha value is -7.88. The van der Waals surface area contributed by atoms with E-state index in [2.05, 4.69) is 193 Å². The first-order valence-electron chi connectivity index (χ1n) is 23.0. The van der Waals surface area contributed by atoms with Gasteiger partial charge in [-0.15, -0.1) is 0 Å². The maximum Gasteiger partial charge on any atom is 0.159 e. The number of benzene rings is 8. The van der Waals surface area contributed by atoms with Crippen LogP contribution in [0.2, 0.25) is 0 Å². The van der Waals surface area contributed by atoms with Crippen molar-refractivity contribution in [2.24, 2.45) is 15.9 Å². The number of fused-ring (bicyclic) bond motifs is 11. The van der Waals surface area contributed by atoms with Gasteiger partial charge in [0.15, 0.2) is 5.84 Å². The van der Waals surface area contributed by atoms with Crippen LogP contribution < -0.4 is 5.32 Å². The van der Waals surface area contributed by atoms with Gasteiger partial charge >= 0.3 is 0 Å². The van der Waals surface area contributed by atoms with Gasteiger partial charge in [0.1, 0.15) is 12.0 Å². The molecule has 1 heterocycles. The Morgan fingerprint density at radius 2 is 1.20 bits per heavy atom. The minimum absolute atomic E-state index is 0.212. The molecule has 1 spiro atoms. The van der Waals surface area contributed by atoms with Crippen molar-refractivity contribution in [3.05, 3.63) is 275 Å². The van der Waals surface area contributed by atoms with E-state index < -0.39 is 0 Å². The first kappa shape index (κ1) is 37.7. The predicted octanol–water partition coefficient (Wildman–Crippen LogP) is 14.4. The Kier molecular flexibility index (Phi) is 8.77. The molecule has 0 saturated heterocycles. The third-order valence-electron chi connectivity index (χ3n) is 14.5. The van der Waals surface area contributed by atoms with Gasteiger partial charge in [-0.25, -0.2) is 9.98 Å². The molecule has 8 aromatic carbocycles. The van der Waals surface area contributed by atoms with E-state index in [0.29, 0.717) is 0 Å². The summed E-state index contributed by atoms with van der Waals surface area (Å²) in [7, 11) is 0. The number of hydrogen-bond donors (Lipinski definition) is 1. The second-order valence-electron chi connectivity index (χ2n) is 17.9. The fourth-order valence-electron chi connectivity index (χ4n) is 11.7. The van der Waals surface area contributed by atoms with Gasteiger partial charge in [-0.3, -0.25) is 0 Å². The number of nitrogens with zero attached hydrogens (tertiary/aromatic N) is 2. The van der Waals surface area contributed by atoms with Crippen molar-refractivity contribution in [3.63, 3.8) is 0 Å². The molecule has 0 aromatic heterocycles. The maximum absolute atomic E-state index is 5.10. The lowest BCUT2D eigenvalue weighted by molar-refractivity contribution is 0.447. The smallest absolute Gasteiger partial charge is 0.159 e. The van der Waals surface area contributed by atoms with E-state index in [1.54, 1.807) is 5.57 Å². The van der Waals surface area contributed by atoms with Crippen molar-refractivity contribution < 1.29 is 0 Å². The number of aliphatic imine (C=N–C) groups is 2. The second-order valence-corrected chi connectivity index (χ2v) is 17.9. The molecular weight excluding hydrogens is 787 g/mol. The van der Waals surface area contributed by atoms with E-state index in [9.17, 15) is 0 Å². The molecule has 0 bridgehead atoms. The standard InChI is InChI=1S/C62H45N3/c1-4-16-43(17-5-1)53-38-48-22-10-11-23-49(48)58-57(53)52-37-36-47(39-56(52)62(58)54-26-14-12-24-50(54)51-25-13-15-27-55(51)62)42-30-28-40(29-31-42)41-32-34-46(35-33-41)61-64-59(44-18-6-2-7-19-44)63-60(65-61)45-20-8-3-9-21-45/h1-14,16-26,28-39,52,56,61H,15,27H2,(H,63,64,65). The third-order valence-corrected chi connectivity index (χ3v) is 14.5.